The summed E-state index contributed by atoms with van der Waals surface area (Å²) in [4.78, 5) is 40.1. The molecule has 2 rings (SSSR count). The van der Waals surface area contributed by atoms with Gasteiger partial charge in [-0.15, -0.1) is 0 Å². The van der Waals surface area contributed by atoms with E-state index in [-0.39, 0.29) is 35.1 Å². The normalized spacial score (nSPS) is 17.0. The summed E-state index contributed by atoms with van der Waals surface area (Å²) in [6, 6.07) is 5.89. The second kappa shape index (κ2) is 6.87. The van der Waals surface area contributed by atoms with Gasteiger partial charge < -0.3 is 4.90 Å². The first-order valence-corrected chi connectivity index (χ1v) is 7.02. The Morgan fingerprint density at radius 3 is 2.77 bits per heavy atom. The molecule has 1 aliphatic heterocycles. The van der Waals surface area contributed by atoms with Crippen LogP contribution in [0.15, 0.2) is 29.4 Å². The molecular formula is C15H16N4O3. The average Bonchev–Trinajstić information content (AvgIpc) is 2.96. The van der Waals surface area contributed by atoms with Gasteiger partial charge in [-0.3, -0.25) is 14.4 Å². The zero-order valence-electron chi connectivity index (χ0n) is 12.2. The van der Waals surface area contributed by atoms with Gasteiger partial charge in [-0.2, -0.15) is 0 Å². The highest BCUT2D eigenvalue weighted by molar-refractivity contribution is 6.05. The molecule has 1 aliphatic rings. The van der Waals surface area contributed by atoms with Gasteiger partial charge in [0.05, 0.1) is 18.2 Å². The molecule has 0 saturated carbocycles. The molecule has 114 valence electrons. The summed E-state index contributed by atoms with van der Waals surface area (Å²) in [5.74, 6) is -0.791. The maximum atomic E-state index is 12.6. The molecule has 0 N–H and O–H groups in total. The lowest BCUT2D eigenvalue weighted by molar-refractivity contribution is -0.128. The zero-order valence-corrected chi connectivity index (χ0v) is 12.2. The van der Waals surface area contributed by atoms with Gasteiger partial charge in [-0.1, -0.05) is 23.3 Å². The smallest absolute Gasteiger partial charge is 0.254 e. The molecule has 7 nitrogen and oxygen atoms in total. The fraction of sp³-hybridized carbons (Fsp3) is 0.400. The fourth-order valence-electron chi connectivity index (χ4n) is 2.65. The van der Waals surface area contributed by atoms with Crippen LogP contribution in [0.3, 0.4) is 0 Å². The molecule has 1 heterocycles. The second-order valence-corrected chi connectivity index (χ2v) is 5.21. The average molecular weight is 300 g/mol. The van der Waals surface area contributed by atoms with Crippen molar-refractivity contribution in [2.75, 3.05) is 6.54 Å². The quantitative estimate of drug-likeness (QED) is 0.361. The second-order valence-electron chi connectivity index (χ2n) is 5.21. The van der Waals surface area contributed by atoms with E-state index < -0.39 is 6.04 Å². The van der Waals surface area contributed by atoms with Crippen LogP contribution in [0, 0.1) is 0 Å². The van der Waals surface area contributed by atoms with E-state index in [1.165, 1.54) is 11.8 Å². The number of hydrogen-bond acceptors (Lipinski definition) is 4. The van der Waals surface area contributed by atoms with Crippen LogP contribution in [0.1, 0.15) is 36.5 Å². The van der Waals surface area contributed by atoms with E-state index in [1.807, 2.05) is 0 Å². The molecule has 1 atom stereocenters. The fourth-order valence-corrected chi connectivity index (χ4v) is 2.65. The van der Waals surface area contributed by atoms with E-state index in [0.717, 1.165) is 0 Å². The van der Waals surface area contributed by atoms with Crippen molar-refractivity contribution >= 4 is 23.2 Å². The summed E-state index contributed by atoms with van der Waals surface area (Å²) < 4.78 is 0. The van der Waals surface area contributed by atoms with Crippen LogP contribution < -0.4 is 0 Å². The van der Waals surface area contributed by atoms with Crippen molar-refractivity contribution in [2.45, 2.75) is 32.2 Å². The zero-order chi connectivity index (χ0) is 16.1. The highest BCUT2D eigenvalue weighted by Crippen LogP contribution is 2.26. The first-order valence-electron chi connectivity index (χ1n) is 7.02. The number of likely N-dealkylation sites (tertiary alicyclic amines) is 1. The van der Waals surface area contributed by atoms with Crippen LogP contribution in [0.25, 0.3) is 10.4 Å². The van der Waals surface area contributed by atoms with Gasteiger partial charge in [-0.25, -0.2) is 0 Å². The van der Waals surface area contributed by atoms with E-state index in [0.29, 0.717) is 19.4 Å². The Labute approximate surface area is 127 Å². The molecule has 0 radical (unpaired) electrons. The number of benzene rings is 1. The SMILES string of the molecule is CC(=O)CC(=O)[C@@H]1CCCN1C(=O)c1ccccc1N=[N+]=[N-]. The molecule has 0 spiro atoms. The van der Waals surface area contributed by atoms with Crippen LogP contribution in [0.2, 0.25) is 0 Å². The number of carbonyl (C=O) groups is 3. The van der Waals surface area contributed by atoms with E-state index in [4.69, 9.17) is 5.53 Å². The lowest BCUT2D eigenvalue weighted by atomic mass is 10.0. The van der Waals surface area contributed by atoms with Crippen LogP contribution in [0.4, 0.5) is 5.69 Å². The van der Waals surface area contributed by atoms with Crippen molar-refractivity contribution in [3.05, 3.63) is 40.3 Å². The molecule has 0 bridgehead atoms. The number of rotatable bonds is 5. The molecule has 0 unspecified atom stereocenters. The van der Waals surface area contributed by atoms with Crippen LogP contribution in [-0.4, -0.2) is 35.0 Å². The highest BCUT2D eigenvalue weighted by Gasteiger charge is 2.35. The minimum absolute atomic E-state index is 0.160. The number of azide groups is 1. The van der Waals surface area contributed by atoms with E-state index in [2.05, 4.69) is 10.0 Å². The molecule has 1 saturated heterocycles. The van der Waals surface area contributed by atoms with Crippen molar-refractivity contribution in [2.24, 2.45) is 5.11 Å². The third-order valence-corrected chi connectivity index (χ3v) is 3.60. The first kappa shape index (κ1) is 15.7. The molecular weight excluding hydrogens is 284 g/mol. The minimum Gasteiger partial charge on any atom is -0.329 e. The summed E-state index contributed by atoms with van der Waals surface area (Å²) >= 11 is 0. The lowest BCUT2D eigenvalue weighted by Crippen LogP contribution is -2.41. The lowest BCUT2D eigenvalue weighted by Gasteiger charge is -2.24. The van der Waals surface area contributed by atoms with E-state index >= 15 is 0 Å². The third kappa shape index (κ3) is 3.32. The summed E-state index contributed by atoms with van der Waals surface area (Å²) in [5, 5.41) is 3.51. The maximum Gasteiger partial charge on any atom is 0.254 e. The molecule has 0 aromatic heterocycles. The summed E-state index contributed by atoms with van der Waals surface area (Å²) in [7, 11) is 0. The Bertz CT molecular complexity index is 665. The summed E-state index contributed by atoms with van der Waals surface area (Å²) in [6.45, 7) is 1.81. The van der Waals surface area contributed by atoms with Crippen molar-refractivity contribution < 1.29 is 14.4 Å². The number of amides is 1. The molecule has 1 aromatic carbocycles. The maximum absolute atomic E-state index is 12.6. The highest BCUT2D eigenvalue weighted by atomic mass is 16.2. The Morgan fingerprint density at radius 2 is 2.09 bits per heavy atom. The van der Waals surface area contributed by atoms with Gasteiger partial charge in [0.15, 0.2) is 5.78 Å². The predicted octanol–water partition coefficient (Wildman–Crippen LogP) is 2.78. The molecule has 7 heteroatoms. The number of carbonyl (C=O) groups excluding carboxylic acids is 3. The van der Waals surface area contributed by atoms with Crippen LogP contribution in [-0.2, 0) is 9.59 Å². The van der Waals surface area contributed by atoms with Crippen molar-refractivity contribution in [3.8, 4) is 0 Å². The third-order valence-electron chi connectivity index (χ3n) is 3.60. The molecule has 1 aromatic rings. The Morgan fingerprint density at radius 1 is 1.36 bits per heavy atom. The number of Topliss-reactive ketones (excluding diaryl/α,β-unsaturated/α-hetero) is 2. The van der Waals surface area contributed by atoms with Gasteiger partial charge in [0.2, 0.25) is 0 Å². The Kier molecular flexibility index (Phi) is 4.91. The molecule has 1 amide bonds. The standard InChI is InChI=1S/C15H16N4O3/c1-10(20)9-14(21)13-7-4-8-19(13)15(22)11-5-2-3-6-12(11)17-18-16/h2-3,5-6,13H,4,7-9H2,1H3/t13-/m0/s1. The van der Waals surface area contributed by atoms with Crippen molar-refractivity contribution in [1.82, 2.24) is 4.90 Å². The van der Waals surface area contributed by atoms with Crippen LogP contribution in [0.5, 0.6) is 0 Å². The monoisotopic (exact) mass is 300 g/mol. The van der Waals surface area contributed by atoms with Crippen LogP contribution >= 0.6 is 0 Å². The molecule has 0 aliphatic carbocycles. The van der Waals surface area contributed by atoms with Gasteiger partial charge in [0.1, 0.15) is 5.78 Å². The number of ketones is 2. The first-order chi connectivity index (χ1) is 10.5. The topological polar surface area (TPSA) is 103 Å². The number of hydrogen-bond donors (Lipinski definition) is 0. The predicted molar refractivity (Wildman–Crippen MR) is 79.6 cm³/mol. The van der Waals surface area contributed by atoms with Gasteiger partial charge in [0.25, 0.3) is 5.91 Å². The largest absolute Gasteiger partial charge is 0.329 e. The van der Waals surface area contributed by atoms with Gasteiger partial charge >= 0.3 is 0 Å². The Balaban J connectivity index is 2.27. The van der Waals surface area contributed by atoms with E-state index in [9.17, 15) is 14.4 Å². The van der Waals surface area contributed by atoms with Crippen molar-refractivity contribution in [3.63, 3.8) is 0 Å². The number of nitrogens with zero attached hydrogens (tertiary/aromatic N) is 4. The van der Waals surface area contributed by atoms with Crippen molar-refractivity contribution in [1.29, 1.82) is 0 Å². The minimum atomic E-state index is -0.574. The Hall–Kier alpha value is -2.66. The van der Waals surface area contributed by atoms with Gasteiger partial charge in [0, 0.05) is 17.0 Å². The molecule has 1 fully saturated rings. The summed E-state index contributed by atoms with van der Waals surface area (Å²) in [5.41, 5.74) is 9.07. The summed E-state index contributed by atoms with van der Waals surface area (Å²) in [6.07, 6.45) is 1.11. The van der Waals surface area contributed by atoms with E-state index in [1.54, 1.807) is 24.3 Å². The molecule has 22 heavy (non-hydrogen) atoms. The van der Waals surface area contributed by atoms with Gasteiger partial charge in [-0.05, 0) is 31.4 Å².